The predicted octanol–water partition coefficient (Wildman–Crippen LogP) is 2.42. The first-order valence-electron chi connectivity index (χ1n) is 6.56. The van der Waals surface area contributed by atoms with E-state index in [1.807, 2.05) is 14.0 Å². The second-order valence-electron chi connectivity index (χ2n) is 5.40. The van der Waals surface area contributed by atoms with Crippen molar-refractivity contribution in [2.75, 3.05) is 25.5 Å². The number of carbonyl (C=O) groups is 1. The number of piperidine rings is 1. The van der Waals surface area contributed by atoms with E-state index in [1.54, 1.807) is 0 Å². The van der Waals surface area contributed by atoms with E-state index in [4.69, 9.17) is 5.11 Å². The number of carboxylic acid groups (broad SMARTS) is 1. The van der Waals surface area contributed by atoms with Crippen molar-refractivity contribution < 1.29 is 18.7 Å². The summed E-state index contributed by atoms with van der Waals surface area (Å²) in [5.74, 6) is -2.82. The summed E-state index contributed by atoms with van der Waals surface area (Å²) >= 11 is 0. The smallest absolute Gasteiger partial charge is 0.335 e. The SMILES string of the molecule is CC1CN(C)CCC1Nc1c(F)cc(C(=O)O)cc1F. The number of benzene rings is 1. The molecule has 1 aliphatic rings. The van der Waals surface area contributed by atoms with Crippen LogP contribution in [0.3, 0.4) is 0 Å². The minimum atomic E-state index is -1.35. The van der Waals surface area contributed by atoms with Gasteiger partial charge in [-0.3, -0.25) is 0 Å². The number of rotatable bonds is 3. The monoisotopic (exact) mass is 284 g/mol. The second kappa shape index (κ2) is 5.75. The fourth-order valence-corrected chi connectivity index (χ4v) is 2.59. The molecule has 1 saturated heterocycles. The third-order valence-electron chi connectivity index (χ3n) is 3.73. The first-order chi connectivity index (χ1) is 9.38. The molecule has 110 valence electrons. The van der Waals surface area contributed by atoms with Crippen molar-refractivity contribution in [3.63, 3.8) is 0 Å². The molecular formula is C14H18F2N2O2. The van der Waals surface area contributed by atoms with Crippen molar-refractivity contribution in [1.29, 1.82) is 0 Å². The Hall–Kier alpha value is -1.69. The number of carboxylic acids is 1. The summed E-state index contributed by atoms with van der Waals surface area (Å²) in [5.41, 5.74) is -0.627. The molecular weight excluding hydrogens is 266 g/mol. The van der Waals surface area contributed by atoms with Crippen molar-refractivity contribution in [2.45, 2.75) is 19.4 Å². The van der Waals surface area contributed by atoms with Gasteiger partial charge in [-0.2, -0.15) is 0 Å². The maximum Gasteiger partial charge on any atom is 0.335 e. The molecule has 0 amide bonds. The molecule has 2 unspecified atom stereocenters. The number of nitrogens with zero attached hydrogens (tertiary/aromatic N) is 1. The minimum absolute atomic E-state index is 0.0223. The van der Waals surface area contributed by atoms with Crippen LogP contribution in [0.2, 0.25) is 0 Å². The van der Waals surface area contributed by atoms with E-state index in [2.05, 4.69) is 10.2 Å². The molecule has 0 saturated carbocycles. The Bertz CT molecular complexity index is 499. The van der Waals surface area contributed by atoms with Crippen LogP contribution >= 0.6 is 0 Å². The maximum absolute atomic E-state index is 13.9. The van der Waals surface area contributed by atoms with Crippen LogP contribution in [0.4, 0.5) is 14.5 Å². The van der Waals surface area contributed by atoms with Crippen LogP contribution in [0.5, 0.6) is 0 Å². The van der Waals surface area contributed by atoms with Gasteiger partial charge in [0.2, 0.25) is 0 Å². The van der Waals surface area contributed by atoms with Gasteiger partial charge in [0.25, 0.3) is 0 Å². The van der Waals surface area contributed by atoms with Crippen molar-refractivity contribution in [2.24, 2.45) is 5.92 Å². The molecule has 0 aromatic heterocycles. The Balaban J connectivity index is 2.19. The van der Waals surface area contributed by atoms with Gasteiger partial charge in [0, 0.05) is 12.6 Å². The van der Waals surface area contributed by atoms with E-state index in [0.29, 0.717) is 0 Å². The van der Waals surface area contributed by atoms with Crippen molar-refractivity contribution >= 4 is 11.7 Å². The summed E-state index contributed by atoms with van der Waals surface area (Å²) in [6.07, 6.45) is 0.789. The van der Waals surface area contributed by atoms with Crippen LogP contribution in [0, 0.1) is 17.6 Å². The molecule has 1 aliphatic heterocycles. The van der Waals surface area contributed by atoms with Crippen LogP contribution < -0.4 is 5.32 Å². The number of hydrogen-bond acceptors (Lipinski definition) is 3. The van der Waals surface area contributed by atoms with Gasteiger partial charge in [0.05, 0.1) is 5.56 Å². The fourth-order valence-electron chi connectivity index (χ4n) is 2.59. The van der Waals surface area contributed by atoms with Gasteiger partial charge < -0.3 is 15.3 Å². The molecule has 2 rings (SSSR count). The summed E-state index contributed by atoms with van der Waals surface area (Å²) in [6, 6.07) is 1.66. The van der Waals surface area contributed by atoms with Crippen LogP contribution in [-0.2, 0) is 0 Å². The van der Waals surface area contributed by atoms with Gasteiger partial charge in [-0.05, 0) is 38.1 Å². The lowest BCUT2D eigenvalue weighted by Crippen LogP contribution is -2.43. The Morgan fingerprint density at radius 1 is 1.40 bits per heavy atom. The minimum Gasteiger partial charge on any atom is -0.478 e. The topological polar surface area (TPSA) is 52.6 Å². The molecule has 1 fully saturated rings. The van der Waals surface area contributed by atoms with Gasteiger partial charge in [0.1, 0.15) is 17.3 Å². The Morgan fingerprint density at radius 2 is 2.00 bits per heavy atom. The van der Waals surface area contributed by atoms with Gasteiger partial charge in [-0.15, -0.1) is 0 Å². The van der Waals surface area contributed by atoms with Gasteiger partial charge >= 0.3 is 5.97 Å². The Labute approximate surface area is 116 Å². The molecule has 6 heteroatoms. The van der Waals surface area contributed by atoms with Crippen LogP contribution in [0.1, 0.15) is 23.7 Å². The average Bonchev–Trinajstić information content (AvgIpc) is 2.35. The van der Waals surface area contributed by atoms with Crippen LogP contribution in [-0.4, -0.2) is 42.2 Å². The molecule has 0 bridgehead atoms. The lowest BCUT2D eigenvalue weighted by molar-refractivity contribution is 0.0696. The summed E-state index contributed by atoms with van der Waals surface area (Å²) in [5, 5.41) is 11.6. The highest BCUT2D eigenvalue weighted by Gasteiger charge is 2.26. The highest BCUT2D eigenvalue weighted by molar-refractivity contribution is 5.88. The van der Waals surface area contributed by atoms with Crippen molar-refractivity contribution in [1.82, 2.24) is 4.90 Å². The first kappa shape index (κ1) is 14.7. The Kier molecular flexibility index (Phi) is 4.23. The van der Waals surface area contributed by atoms with Gasteiger partial charge in [0.15, 0.2) is 0 Å². The standard InChI is InChI=1S/C14H18F2N2O2/c1-8-7-18(2)4-3-12(8)17-13-10(15)5-9(14(19)20)6-11(13)16/h5-6,8,12,17H,3-4,7H2,1-2H3,(H,19,20). The molecule has 2 atom stereocenters. The van der Waals surface area contributed by atoms with Crippen molar-refractivity contribution in [3.05, 3.63) is 29.3 Å². The largest absolute Gasteiger partial charge is 0.478 e. The molecule has 4 nitrogen and oxygen atoms in total. The van der Waals surface area contributed by atoms with Crippen LogP contribution in [0.25, 0.3) is 0 Å². The highest BCUT2D eigenvalue weighted by atomic mass is 19.1. The zero-order chi connectivity index (χ0) is 14.9. The molecule has 0 radical (unpaired) electrons. The highest BCUT2D eigenvalue weighted by Crippen LogP contribution is 2.26. The summed E-state index contributed by atoms with van der Waals surface area (Å²) < 4.78 is 27.7. The molecule has 0 spiro atoms. The molecule has 2 N–H and O–H groups in total. The third kappa shape index (κ3) is 3.07. The molecule has 1 heterocycles. The zero-order valence-electron chi connectivity index (χ0n) is 11.5. The normalized spacial score (nSPS) is 23.6. The van der Waals surface area contributed by atoms with Gasteiger partial charge in [-0.1, -0.05) is 6.92 Å². The third-order valence-corrected chi connectivity index (χ3v) is 3.73. The van der Waals surface area contributed by atoms with E-state index in [1.165, 1.54) is 0 Å². The number of likely N-dealkylation sites (tertiary alicyclic amines) is 1. The average molecular weight is 284 g/mol. The summed E-state index contributed by atoms with van der Waals surface area (Å²) in [4.78, 5) is 12.9. The van der Waals surface area contributed by atoms with E-state index in [-0.39, 0.29) is 23.2 Å². The summed E-state index contributed by atoms with van der Waals surface area (Å²) in [6.45, 7) is 3.74. The molecule has 0 aliphatic carbocycles. The number of halogens is 2. The summed E-state index contributed by atoms with van der Waals surface area (Å²) in [7, 11) is 2.01. The number of nitrogens with one attached hydrogen (secondary N) is 1. The van der Waals surface area contributed by atoms with E-state index in [0.717, 1.165) is 31.6 Å². The number of hydrogen-bond donors (Lipinski definition) is 2. The lowest BCUT2D eigenvalue weighted by atomic mass is 9.94. The quantitative estimate of drug-likeness (QED) is 0.895. The van der Waals surface area contributed by atoms with Crippen molar-refractivity contribution in [3.8, 4) is 0 Å². The maximum atomic E-state index is 13.9. The predicted molar refractivity (Wildman–Crippen MR) is 72.0 cm³/mol. The van der Waals surface area contributed by atoms with E-state index < -0.39 is 17.6 Å². The second-order valence-corrected chi connectivity index (χ2v) is 5.40. The number of anilines is 1. The van der Waals surface area contributed by atoms with E-state index in [9.17, 15) is 13.6 Å². The molecule has 1 aromatic rings. The molecule has 20 heavy (non-hydrogen) atoms. The van der Waals surface area contributed by atoms with E-state index >= 15 is 0 Å². The van der Waals surface area contributed by atoms with Crippen LogP contribution in [0.15, 0.2) is 12.1 Å². The molecule has 1 aromatic carbocycles. The zero-order valence-corrected chi connectivity index (χ0v) is 11.5. The lowest BCUT2D eigenvalue weighted by Gasteiger charge is -2.35. The Morgan fingerprint density at radius 3 is 2.50 bits per heavy atom. The number of aromatic carboxylic acids is 1. The first-order valence-corrected chi connectivity index (χ1v) is 6.56. The van der Waals surface area contributed by atoms with Gasteiger partial charge in [-0.25, -0.2) is 13.6 Å². The fraction of sp³-hybridized carbons (Fsp3) is 0.500.